The van der Waals surface area contributed by atoms with E-state index in [1.54, 1.807) is 0 Å². The van der Waals surface area contributed by atoms with Gasteiger partial charge in [-0.3, -0.25) is 9.59 Å². The van der Waals surface area contributed by atoms with E-state index in [9.17, 15) is 32.3 Å². The van der Waals surface area contributed by atoms with Gasteiger partial charge in [-0.1, -0.05) is 64.2 Å². The number of ether oxygens (including phenoxy) is 1. The van der Waals surface area contributed by atoms with Crippen LogP contribution in [0, 0.1) is 23.6 Å². The Morgan fingerprint density at radius 3 is 2.02 bits per heavy atom. The van der Waals surface area contributed by atoms with Crippen molar-refractivity contribution in [1.82, 2.24) is 5.32 Å². The first kappa shape index (κ1) is 32.3. The van der Waals surface area contributed by atoms with Gasteiger partial charge in [0.2, 0.25) is 12.2 Å². The summed E-state index contributed by atoms with van der Waals surface area (Å²) in [5.74, 6) is -4.17. The van der Waals surface area contributed by atoms with Crippen molar-refractivity contribution in [2.75, 3.05) is 5.32 Å². The number of aldehydes is 1. The first-order valence-electron chi connectivity index (χ1n) is 14.3. The molecule has 4 N–H and O–H groups in total. The third-order valence-corrected chi connectivity index (χ3v) is 8.39. The van der Waals surface area contributed by atoms with E-state index in [1.807, 2.05) is 0 Å². The van der Waals surface area contributed by atoms with E-state index in [-0.39, 0.29) is 41.0 Å². The van der Waals surface area contributed by atoms with Crippen LogP contribution in [0.15, 0.2) is 12.1 Å². The second-order valence-corrected chi connectivity index (χ2v) is 11.1. The third-order valence-electron chi connectivity index (χ3n) is 8.39. The van der Waals surface area contributed by atoms with Gasteiger partial charge in [0.1, 0.15) is 12.1 Å². The standard InChI is InChI=1S/C29H39F4N3O5/c1-16(27(38)36-26(33)25(31)32)20-15-21(30)22(14-19(20)12-13-37)35-28(39)24(41-29(34)40)23(17-8-4-2-5-9-17)18-10-6-3-7-11-18/h13-18,23-26H,2-12H2,1H3,(H2,34,40)(H,35,39)(H,36,38). The van der Waals surface area contributed by atoms with E-state index in [2.05, 4.69) is 5.32 Å². The van der Waals surface area contributed by atoms with Crippen LogP contribution in [0.25, 0.3) is 0 Å². The molecule has 0 aromatic heterocycles. The van der Waals surface area contributed by atoms with Crippen molar-refractivity contribution in [3.05, 3.63) is 29.1 Å². The number of rotatable bonds is 12. The Bertz CT molecular complexity index is 1060. The second-order valence-electron chi connectivity index (χ2n) is 11.1. The van der Waals surface area contributed by atoms with Crippen LogP contribution in [0.1, 0.15) is 88.2 Å². The predicted octanol–water partition coefficient (Wildman–Crippen LogP) is 5.53. The van der Waals surface area contributed by atoms with Crippen LogP contribution in [0.2, 0.25) is 0 Å². The van der Waals surface area contributed by atoms with Crippen LogP contribution in [-0.4, -0.2) is 43.0 Å². The van der Waals surface area contributed by atoms with Crippen LogP contribution in [-0.2, 0) is 25.5 Å². The predicted molar refractivity (Wildman–Crippen MR) is 143 cm³/mol. The van der Waals surface area contributed by atoms with E-state index in [0.29, 0.717) is 6.29 Å². The number of benzene rings is 1. The number of anilines is 1. The number of carbonyl (C=O) groups is 4. The zero-order valence-corrected chi connectivity index (χ0v) is 23.2. The summed E-state index contributed by atoms with van der Waals surface area (Å²) in [6.45, 7) is 1.25. The van der Waals surface area contributed by atoms with Crippen molar-refractivity contribution >= 4 is 29.9 Å². The summed E-state index contributed by atoms with van der Waals surface area (Å²) in [5.41, 5.74) is 5.17. The molecule has 0 heterocycles. The van der Waals surface area contributed by atoms with Crippen molar-refractivity contribution in [2.24, 2.45) is 23.5 Å². The highest BCUT2D eigenvalue weighted by Gasteiger charge is 2.42. The minimum absolute atomic E-state index is 0.0289. The summed E-state index contributed by atoms with van der Waals surface area (Å²) in [6.07, 6.45) is 1.14. The number of carbonyl (C=O) groups excluding carboxylic acids is 4. The molecule has 0 radical (unpaired) electrons. The van der Waals surface area contributed by atoms with E-state index < -0.39 is 48.5 Å². The molecule has 2 aliphatic rings. The zero-order valence-electron chi connectivity index (χ0n) is 23.2. The minimum atomic E-state index is -3.45. The fourth-order valence-corrected chi connectivity index (χ4v) is 6.42. The summed E-state index contributed by atoms with van der Waals surface area (Å²) in [4.78, 5) is 49.3. The van der Waals surface area contributed by atoms with Gasteiger partial charge in [-0.25, -0.2) is 22.4 Å². The van der Waals surface area contributed by atoms with E-state index in [0.717, 1.165) is 70.3 Å². The molecule has 0 bridgehead atoms. The van der Waals surface area contributed by atoms with Gasteiger partial charge in [0.05, 0.1) is 11.6 Å². The molecule has 0 aliphatic heterocycles. The molecular weight excluding hydrogens is 546 g/mol. The lowest BCUT2D eigenvalue weighted by Crippen LogP contribution is -2.46. The van der Waals surface area contributed by atoms with Crippen LogP contribution >= 0.6 is 0 Å². The molecule has 3 atom stereocenters. The molecule has 2 saturated carbocycles. The quantitative estimate of drug-likeness (QED) is 0.169. The van der Waals surface area contributed by atoms with Crippen molar-refractivity contribution in [3.63, 3.8) is 0 Å². The number of hydrogen-bond acceptors (Lipinski definition) is 5. The molecule has 3 unspecified atom stereocenters. The zero-order chi connectivity index (χ0) is 30.1. The number of primary amides is 1. The lowest BCUT2D eigenvalue weighted by molar-refractivity contribution is -0.130. The lowest BCUT2D eigenvalue weighted by Gasteiger charge is -2.41. The third kappa shape index (κ3) is 8.65. The van der Waals surface area contributed by atoms with Crippen molar-refractivity contribution in [2.45, 2.75) is 102 Å². The maximum atomic E-state index is 15.3. The van der Waals surface area contributed by atoms with Gasteiger partial charge in [-0.15, -0.1) is 0 Å². The Hall–Kier alpha value is -3.18. The van der Waals surface area contributed by atoms with Crippen LogP contribution < -0.4 is 16.4 Å². The molecule has 2 aliphatic carbocycles. The Kier molecular flexibility index (Phi) is 12.0. The van der Waals surface area contributed by atoms with Crippen molar-refractivity contribution in [3.8, 4) is 0 Å². The summed E-state index contributed by atoms with van der Waals surface area (Å²) in [6, 6.07) is 2.07. The average Bonchev–Trinajstić information content (AvgIpc) is 2.94. The summed E-state index contributed by atoms with van der Waals surface area (Å²) in [7, 11) is 0. The highest BCUT2D eigenvalue weighted by atomic mass is 19.3. The first-order chi connectivity index (χ1) is 19.5. The maximum Gasteiger partial charge on any atom is 0.405 e. The second kappa shape index (κ2) is 15.2. The Morgan fingerprint density at radius 1 is 0.976 bits per heavy atom. The SMILES string of the molecule is CC(C(=O)NC(F)C(F)F)c1cc(F)c(NC(=O)C(OC(N)=O)C(C2CCCCC2)C2CCCCC2)cc1CC=O. The average molecular weight is 586 g/mol. The van der Waals surface area contributed by atoms with E-state index >= 15 is 4.39 Å². The highest BCUT2D eigenvalue weighted by Crippen LogP contribution is 2.43. The lowest BCUT2D eigenvalue weighted by atomic mass is 9.67. The molecule has 3 amide bonds. The minimum Gasteiger partial charge on any atom is -0.436 e. The Morgan fingerprint density at radius 2 is 1.54 bits per heavy atom. The number of halogens is 4. The van der Waals surface area contributed by atoms with Gasteiger partial charge in [-0.05, 0) is 42.0 Å². The highest BCUT2D eigenvalue weighted by molar-refractivity contribution is 5.96. The van der Waals surface area contributed by atoms with E-state index in [4.69, 9.17) is 10.5 Å². The maximum absolute atomic E-state index is 15.3. The van der Waals surface area contributed by atoms with Crippen molar-refractivity contribution < 1.29 is 41.5 Å². The fraction of sp³-hybridized carbons (Fsp3) is 0.655. The normalized spacial score (nSPS) is 18.9. The molecule has 1 aromatic carbocycles. The molecule has 0 spiro atoms. The van der Waals surface area contributed by atoms with Gasteiger partial charge >= 0.3 is 6.09 Å². The number of amides is 3. The Labute approximate surface area is 237 Å². The molecule has 12 heteroatoms. The topological polar surface area (TPSA) is 128 Å². The molecule has 1 aromatic rings. The van der Waals surface area contributed by atoms with Gasteiger partial charge in [0.15, 0.2) is 6.10 Å². The number of hydrogen-bond donors (Lipinski definition) is 3. The molecule has 3 rings (SSSR count). The van der Waals surface area contributed by atoms with Crippen LogP contribution in [0.5, 0.6) is 0 Å². The largest absolute Gasteiger partial charge is 0.436 e. The first-order valence-corrected chi connectivity index (χ1v) is 14.3. The van der Waals surface area contributed by atoms with Crippen molar-refractivity contribution in [1.29, 1.82) is 0 Å². The van der Waals surface area contributed by atoms with Crippen LogP contribution in [0.4, 0.5) is 28.0 Å². The number of alkyl halides is 3. The molecule has 41 heavy (non-hydrogen) atoms. The van der Waals surface area contributed by atoms with Gasteiger partial charge in [0, 0.05) is 12.3 Å². The molecular formula is C29H39F4N3O5. The fourth-order valence-electron chi connectivity index (χ4n) is 6.42. The molecule has 228 valence electrons. The molecule has 0 saturated heterocycles. The summed E-state index contributed by atoms with van der Waals surface area (Å²) >= 11 is 0. The molecule has 8 nitrogen and oxygen atoms in total. The van der Waals surface area contributed by atoms with Gasteiger partial charge < -0.3 is 25.9 Å². The van der Waals surface area contributed by atoms with Crippen LogP contribution in [0.3, 0.4) is 0 Å². The van der Waals surface area contributed by atoms with E-state index in [1.165, 1.54) is 18.3 Å². The summed E-state index contributed by atoms with van der Waals surface area (Å²) in [5, 5.41) is 4.02. The number of nitrogens with two attached hydrogens (primary N) is 1. The number of nitrogens with one attached hydrogen (secondary N) is 2. The van der Waals surface area contributed by atoms with Gasteiger partial charge in [-0.2, -0.15) is 0 Å². The Balaban J connectivity index is 1.91. The molecule has 2 fully saturated rings. The monoisotopic (exact) mass is 585 g/mol. The van der Waals surface area contributed by atoms with Gasteiger partial charge in [0.25, 0.3) is 12.3 Å². The summed E-state index contributed by atoms with van der Waals surface area (Å²) < 4.78 is 59.2. The smallest absolute Gasteiger partial charge is 0.405 e.